The number of rotatable bonds is 4. The summed E-state index contributed by atoms with van der Waals surface area (Å²) in [4.78, 5) is 65.1. The van der Waals surface area contributed by atoms with Crippen LogP contribution in [0.25, 0.3) is 0 Å². The van der Waals surface area contributed by atoms with Crippen LogP contribution in [0.2, 0.25) is 0 Å². The van der Waals surface area contributed by atoms with Crippen LogP contribution in [0.15, 0.2) is 48.5 Å². The molecule has 3 aliphatic rings. The monoisotopic (exact) mass is 460 g/mol. The van der Waals surface area contributed by atoms with Crippen molar-refractivity contribution in [3.63, 3.8) is 0 Å². The molecule has 1 atom stereocenters. The summed E-state index contributed by atoms with van der Waals surface area (Å²) in [7, 11) is 0. The van der Waals surface area contributed by atoms with E-state index in [2.05, 4.69) is 15.5 Å². The number of carbonyl (C=O) groups is 5. The van der Waals surface area contributed by atoms with E-state index in [0.29, 0.717) is 18.7 Å². The van der Waals surface area contributed by atoms with Gasteiger partial charge in [0, 0.05) is 36.8 Å². The number of amides is 5. The van der Waals surface area contributed by atoms with Crippen LogP contribution in [0.4, 0.5) is 5.69 Å². The molecule has 0 saturated carbocycles. The summed E-state index contributed by atoms with van der Waals surface area (Å²) in [5, 5.41) is 5.28. The van der Waals surface area contributed by atoms with Crippen LogP contribution in [0, 0.1) is 0 Å². The minimum atomic E-state index is -0.975. The maximum absolute atomic E-state index is 13.1. The first kappa shape index (κ1) is 21.8. The highest BCUT2D eigenvalue weighted by molar-refractivity contribution is 6.23. The Morgan fingerprint density at radius 2 is 1.59 bits per heavy atom. The van der Waals surface area contributed by atoms with Crippen molar-refractivity contribution in [2.75, 3.05) is 18.0 Å². The number of carbonyl (C=O) groups excluding carboxylic acids is 5. The van der Waals surface area contributed by atoms with E-state index in [1.807, 2.05) is 18.2 Å². The van der Waals surface area contributed by atoms with E-state index in [-0.39, 0.29) is 35.9 Å². The molecule has 0 spiro atoms. The van der Waals surface area contributed by atoms with Gasteiger partial charge in [0.05, 0.1) is 11.1 Å². The van der Waals surface area contributed by atoms with Crippen LogP contribution in [0.5, 0.6) is 0 Å². The number of fused-ring (bicyclic) bond motifs is 1. The minimum Gasteiger partial charge on any atom is -0.371 e. The zero-order valence-electron chi connectivity index (χ0n) is 18.5. The molecule has 0 aromatic heterocycles. The Hall–Kier alpha value is -4.01. The quantitative estimate of drug-likeness (QED) is 0.668. The standard InChI is InChI=1S/C25H24N4O5/c30-21-9-8-20(23(32)27-21)29-24(33)18-7-6-17(14-19(18)25(29)34)28-12-10-16(11-13-28)26-22(31)15-4-2-1-3-5-15/h1-7,14,16,20H,8-13H2,(H,26,31)(H,27,30,32)/t20-/m1/s1. The van der Waals surface area contributed by atoms with E-state index in [4.69, 9.17) is 0 Å². The Morgan fingerprint density at radius 3 is 2.29 bits per heavy atom. The molecule has 5 amide bonds. The average molecular weight is 460 g/mol. The minimum absolute atomic E-state index is 0.0598. The van der Waals surface area contributed by atoms with Crippen LogP contribution in [0.3, 0.4) is 0 Å². The molecular weight excluding hydrogens is 436 g/mol. The lowest BCUT2D eigenvalue weighted by Gasteiger charge is -2.34. The van der Waals surface area contributed by atoms with Crippen molar-refractivity contribution in [1.82, 2.24) is 15.5 Å². The molecule has 2 aromatic carbocycles. The zero-order valence-corrected chi connectivity index (χ0v) is 18.5. The zero-order chi connectivity index (χ0) is 23.8. The van der Waals surface area contributed by atoms with Gasteiger partial charge in [0.1, 0.15) is 6.04 Å². The highest BCUT2D eigenvalue weighted by Crippen LogP contribution is 2.31. The molecule has 0 bridgehead atoms. The second-order valence-corrected chi connectivity index (χ2v) is 8.78. The topological polar surface area (TPSA) is 116 Å². The fourth-order valence-corrected chi connectivity index (χ4v) is 4.80. The maximum Gasteiger partial charge on any atom is 0.262 e. The molecular formula is C25H24N4O5. The molecule has 3 aliphatic heterocycles. The highest BCUT2D eigenvalue weighted by atomic mass is 16.2. The Balaban J connectivity index is 1.25. The first-order chi connectivity index (χ1) is 16.4. The second-order valence-electron chi connectivity index (χ2n) is 8.78. The molecule has 2 fully saturated rings. The summed E-state index contributed by atoms with van der Waals surface area (Å²) in [6.45, 7) is 1.38. The third-order valence-electron chi connectivity index (χ3n) is 6.65. The van der Waals surface area contributed by atoms with Gasteiger partial charge in [0.25, 0.3) is 17.7 Å². The summed E-state index contributed by atoms with van der Waals surface area (Å²) in [5.41, 5.74) is 1.99. The van der Waals surface area contributed by atoms with Crippen LogP contribution < -0.4 is 15.5 Å². The van der Waals surface area contributed by atoms with Crippen molar-refractivity contribution in [1.29, 1.82) is 0 Å². The fraction of sp³-hybridized carbons (Fsp3) is 0.320. The lowest BCUT2D eigenvalue weighted by Crippen LogP contribution is -2.54. The third-order valence-corrected chi connectivity index (χ3v) is 6.65. The van der Waals surface area contributed by atoms with E-state index >= 15 is 0 Å². The molecule has 0 aliphatic carbocycles. The molecule has 2 saturated heterocycles. The Labute approximate surface area is 196 Å². The van der Waals surface area contributed by atoms with Gasteiger partial charge < -0.3 is 10.2 Å². The van der Waals surface area contributed by atoms with Gasteiger partial charge in [-0.2, -0.15) is 0 Å². The van der Waals surface area contributed by atoms with E-state index in [1.165, 1.54) is 0 Å². The Bertz CT molecular complexity index is 1190. The van der Waals surface area contributed by atoms with Crippen LogP contribution in [-0.2, 0) is 9.59 Å². The number of imide groups is 2. The molecule has 9 nitrogen and oxygen atoms in total. The van der Waals surface area contributed by atoms with Gasteiger partial charge >= 0.3 is 0 Å². The lowest BCUT2D eigenvalue weighted by atomic mass is 10.0. The number of hydrogen-bond acceptors (Lipinski definition) is 6. The van der Waals surface area contributed by atoms with Gasteiger partial charge in [-0.3, -0.25) is 34.2 Å². The van der Waals surface area contributed by atoms with E-state index < -0.39 is 29.7 Å². The fourth-order valence-electron chi connectivity index (χ4n) is 4.80. The maximum atomic E-state index is 13.1. The van der Waals surface area contributed by atoms with Crippen molar-refractivity contribution >= 4 is 35.2 Å². The number of nitrogens with zero attached hydrogens (tertiary/aromatic N) is 2. The van der Waals surface area contributed by atoms with Gasteiger partial charge in [0.2, 0.25) is 11.8 Å². The molecule has 2 N–H and O–H groups in total. The first-order valence-electron chi connectivity index (χ1n) is 11.4. The highest BCUT2D eigenvalue weighted by Gasteiger charge is 2.44. The first-order valence-corrected chi connectivity index (χ1v) is 11.4. The van der Waals surface area contributed by atoms with Crippen LogP contribution >= 0.6 is 0 Å². The summed E-state index contributed by atoms with van der Waals surface area (Å²) >= 11 is 0. The Morgan fingerprint density at radius 1 is 0.882 bits per heavy atom. The molecule has 3 heterocycles. The van der Waals surface area contributed by atoms with Gasteiger partial charge in [-0.05, 0) is 49.6 Å². The second kappa shape index (κ2) is 8.74. The molecule has 0 radical (unpaired) electrons. The van der Waals surface area contributed by atoms with E-state index in [1.54, 1.807) is 30.3 Å². The largest absolute Gasteiger partial charge is 0.371 e. The third kappa shape index (κ3) is 3.93. The number of hydrogen-bond donors (Lipinski definition) is 2. The van der Waals surface area contributed by atoms with Crippen molar-refractivity contribution in [3.05, 3.63) is 65.2 Å². The average Bonchev–Trinajstić information content (AvgIpc) is 3.09. The predicted molar refractivity (Wildman–Crippen MR) is 122 cm³/mol. The molecule has 0 unspecified atom stereocenters. The molecule has 2 aromatic rings. The van der Waals surface area contributed by atoms with Gasteiger partial charge in [0.15, 0.2) is 0 Å². The SMILES string of the molecule is O=C1CC[C@@H](N2C(=O)c3ccc(N4CCC(NC(=O)c5ccccc5)CC4)cc3C2=O)C(=O)N1. The lowest BCUT2D eigenvalue weighted by molar-refractivity contribution is -0.136. The van der Waals surface area contributed by atoms with Crippen molar-refractivity contribution in [2.45, 2.75) is 37.8 Å². The van der Waals surface area contributed by atoms with Crippen molar-refractivity contribution in [2.24, 2.45) is 0 Å². The summed E-state index contributed by atoms with van der Waals surface area (Å²) in [6.07, 6.45) is 1.73. The number of benzene rings is 2. The smallest absolute Gasteiger partial charge is 0.262 e. The summed E-state index contributed by atoms with van der Waals surface area (Å²) in [5.74, 6) is -2.13. The molecule has 34 heavy (non-hydrogen) atoms. The molecule has 5 rings (SSSR count). The van der Waals surface area contributed by atoms with Crippen LogP contribution in [0.1, 0.15) is 56.8 Å². The van der Waals surface area contributed by atoms with Gasteiger partial charge in [-0.1, -0.05) is 18.2 Å². The summed E-state index contributed by atoms with van der Waals surface area (Å²) < 4.78 is 0. The molecule has 9 heteroatoms. The normalized spacial score (nSPS) is 20.9. The molecule has 174 valence electrons. The number of piperidine rings is 2. The van der Waals surface area contributed by atoms with E-state index in [0.717, 1.165) is 23.4 Å². The Kier molecular flexibility index (Phi) is 5.61. The van der Waals surface area contributed by atoms with Crippen LogP contribution in [-0.4, -0.2) is 59.6 Å². The van der Waals surface area contributed by atoms with Crippen molar-refractivity contribution < 1.29 is 24.0 Å². The van der Waals surface area contributed by atoms with Crippen molar-refractivity contribution in [3.8, 4) is 0 Å². The van der Waals surface area contributed by atoms with Gasteiger partial charge in [-0.25, -0.2) is 0 Å². The van der Waals surface area contributed by atoms with Gasteiger partial charge in [-0.15, -0.1) is 0 Å². The van der Waals surface area contributed by atoms with E-state index in [9.17, 15) is 24.0 Å². The summed E-state index contributed by atoms with van der Waals surface area (Å²) in [6, 6.07) is 13.3. The number of anilines is 1. The number of nitrogens with one attached hydrogen (secondary N) is 2. The predicted octanol–water partition coefficient (Wildman–Crippen LogP) is 1.49.